The molecular weight excluding hydrogens is 478 g/mol. The summed E-state index contributed by atoms with van der Waals surface area (Å²) in [5.74, 6) is 2.29. The number of hydrogen-bond acceptors (Lipinski definition) is 5. The second-order valence-corrected chi connectivity index (χ2v) is 10.1. The van der Waals surface area contributed by atoms with Gasteiger partial charge < -0.3 is 19.5 Å². The molecular formula is C28H26ClN3O4. The number of carbonyl (C=O) groups is 1. The number of hydrazine groups is 1. The van der Waals surface area contributed by atoms with Gasteiger partial charge in [-0.15, -0.1) is 0 Å². The maximum Gasteiger partial charge on any atom is 0.340 e. The zero-order chi connectivity index (χ0) is 24.9. The summed E-state index contributed by atoms with van der Waals surface area (Å²) in [6.45, 7) is 5.53. The summed E-state index contributed by atoms with van der Waals surface area (Å²) in [6, 6.07) is 18.9. The van der Waals surface area contributed by atoms with Crippen molar-refractivity contribution < 1.29 is 19.0 Å². The maximum absolute atomic E-state index is 13.3. The number of rotatable bonds is 3. The molecule has 0 fully saturated rings. The Hall–Kier alpha value is -3.84. The van der Waals surface area contributed by atoms with Crippen LogP contribution in [0, 0.1) is 0 Å². The summed E-state index contributed by atoms with van der Waals surface area (Å²) in [7, 11) is 0. The molecule has 0 saturated heterocycles. The number of halogens is 1. The van der Waals surface area contributed by atoms with Crippen LogP contribution in [0.1, 0.15) is 30.5 Å². The minimum atomic E-state index is -0.257. The van der Waals surface area contributed by atoms with E-state index in [-0.39, 0.29) is 11.6 Å². The molecule has 3 aromatic carbocycles. The van der Waals surface area contributed by atoms with Crippen LogP contribution in [0.15, 0.2) is 60.7 Å². The van der Waals surface area contributed by atoms with E-state index in [9.17, 15) is 4.79 Å². The lowest BCUT2D eigenvalue weighted by molar-refractivity contribution is 0.138. The molecule has 3 aliphatic heterocycles. The summed E-state index contributed by atoms with van der Waals surface area (Å²) >= 11 is 6.13. The van der Waals surface area contributed by atoms with Crippen molar-refractivity contribution in [1.82, 2.24) is 10.4 Å². The van der Waals surface area contributed by atoms with Gasteiger partial charge in [0.15, 0.2) is 11.5 Å². The molecule has 7 nitrogen and oxygen atoms in total. The van der Waals surface area contributed by atoms with Crippen molar-refractivity contribution in [2.24, 2.45) is 0 Å². The molecule has 3 heterocycles. The lowest BCUT2D eigenvalue weighted by Gasteiger charge is -2.20. The molecule has 184 valence electrons. The van der Waals surface area contributed by atoms with Crippen LogP contribution in [-0.2, 0) is 6.42 Å². The van der Waals surface area contributed by atoms with Gasteiger partial charge in [-0.3, -0.25) is 5.43 Å². The van der Waals surface area contributed by atoms with E-state index in [0.29, 0.717) is 30.5 Å². The van der Waals surface area contributed by atoms with Gasteiger partial charge in [-0.2, -0.15) is 0 Å². The van der Waals surface area contributed by atoms with Crippen LogP contribution in [0.5, 0.6) is 17.2 Å². The number of amides is 2. The minimum Gasteiger partial charge on any atom is -0.487 e. The van der Waals surface area contributed by atoms with Crippen molar-refractivity contribution in [2.45, 2.75) is 25.9 Å². The van der Waals surface area contributed by atoms with Gasteiger partial charge in [-0.25, -0.2) is 9.80 Å². The van der Waals surface area contributed by atoms with E-state index in [1.54, 1.807) is 5.01 Å². The number of carbonyl (C=O) groups excluding carboxylic acids is 1. The van der Waals surface area contributed by atoms with Gasteiger partial charge in [0.1, 0.15) is 24.6 Å². The molecule has 2 N–H and O–H groups in total. The highest BCUT2D eigenvalue weighted by Gasteiger charge is 2.31. The van der Waals surface area contributed by atoms with Crippen LogP contribution >= 0.6 is 11.6 Å². The van der Waals surface area contributed by atoms with Gasteiger partial charge in [-0.05, 0) is 67.4 Å². The van der Waals surface area contributed by atoms with E-state index >= 15 is 0 Å². The number of anilines is 1. The highest BCUT2D eigenvalue weighted by Crippen LogP contribution is 2.38. The molecule has 0 atom stereocenters. The number of nitrogens with zero attached hydrogens (tertiary/aromatic N) is 1. The van der Waals surface area contributed by atoms with Crippen molar-refractivity contribution in [3.63, 3.8) is 0 Å². The van der Waals surface area contributed by atoms with E-state index in [0.717, 1.165) is 51.6 Å². The molecule has 0 bridgehead atoms. The molecule has 2 amide bonds. The smallest absolute Gasteiger partial charge is 0.340 e. The second kappa shape index (κ2) is 8.68. The van der Waals surface area contributed by atoms with Gasteiger partial charge in [0, 0.05) is 28.3 Å². The quantitative estimate of drug-likeness (QED) is 0.476. The van der Waals surface area contributed by atoms with Crippen LogP contribution < -0.4 is 25.0 Å². The molecule has 0 saturated carbocycles. The van der Waals surface area contributed by atoms with E-state index < -0.39 is 0 Å². The SMILES string of the molecule is CC1(C)Cc2cc(NC(=O)N3CC(c4ccc5c(c4)OCCO5)=C(c4ccc(Cl)cc4)N3)ccc2O1. The number of ether oxygens (including phenoxy) is 3. The maximum atomic E-state index is 13.3. The Morgan fingerprint density at radius 2 is 1.67 bits per heavy atom. The van der Waals surface area contributed by atoms with E-state index in [1.807, 2.05) is 60.7 Å². The minimum absolute atomic E-state index is 0.239. The van der Waals surface area contributed by atoms with Crippen LogP contribution in [0.4, 0.5) is 10.5 Å². The number of fused-ring (bicyclic) bond motifs is 2. The third kappa shape index (κ3) is 4.31. The Morgan fingerprint density at radius 3 is 2.47 bits per heavy atom. The number of nitrogens with one attached hydrogen (secondary N) is 2. The lowest BCUT2D eigenvalue weighted by Crippen LogP contribution is -2.40. The van der Waals surface area contributed by atoms with Crippen LogP contribution in [0.25, 0.3) is 11.3 Å². The third-order valence-electron chi connectivity index (χ3n) is 6.45. The summed E-state index contributed by atoms with van der Waals surface area (Å²) in [6.07, 6.45) is 0.796. The Bertz CT molecular complexity index is 1380. The fourth-order valence-electron chi connectivity index (χ4n) is 4.80. The normalized spacial score (nSPS) is 17.4. The molecule has 8 heteroatoms. The summed E-state index contributed by atoms with van der Waals surface area (Å²) in [4.78, 5) is 13.3. The van der Waals surface area contributed by atoms with E-state index in [2.05, 4.69) is 24.6 Å². The monoisotopic (exact) mass is 503 g/mol. The molecule has 36 heavy (non-hydrogen) atoms. The standard InChI is InChI=1S/C28H26ClN3O4/c1-28(2)15-19-13-21(8-10-23(19)36-28)30-27(33)32-16-22(26(31-32)17-3-6-20(29)7-4-17)18-5-9-24-25(14-18)35-12-11-34-24/h3-10,13-14,31H,11-12,15-16H2,1-2H3,(H,30,33). The highest BCUT2D eigenvalue weighted by molar-refractivity contribution is 6.30. The second-order valence-electron chi connectivity index (χ2n) is 9.71. The van der Waals surface area contributed by atoms with Crippen molar-refractivity contribution in [2.75, 3.05) is 25.1 Å². The molecule has 0 unspecified atom stereocenters. The molecule has 3 aliphatic rings. The lowest BCUT2D eigenvalue weighted by atomic mass is 10.00. The predicted molar refractivity (Wildman–Crippen MR) is 139 cm³/mol. The Morgan fingerprint density at radius 1 is 0.944 bits per heavy atom. The zero-order valence-electron chi connectivity index (χ0n) is 20.1. The largest absolute Gasteiger partial charge is 0.487 e. The first-order chi connectivity index (χ1) is 17.3. The van der Waals surface area contributed by atoms with Gasteiger partial charge >= 0.3 is 6.03 Å². The first-order valence-electron chi connectivity index (χ1n) is 11.9. The molecule has 0 aliphatic carbocycles. The third-order valence-corrected chi connectivity index (χ3v) is 6.70. The summed E-state index contributed by atoms with van der Waals surface area (Å²) in [5.41, 5.74) is 8.55. The Balaban J connectivity index is 1.27. The topological polar surface area (TPSA) is 72.1 Å². The average molecular weight is 504 g/mol. The van der Waals surface area contributed by atoms with Crippen molar-refractivity contribution >= 4 is 34.6 Å². The first kappa shape index (κ1) is 22.6. The Kier molecular flexibility index (Phi) is 5.45. The van der Waals surface area contributed by atoms with Crippen molar-refractivity contribution in [3.8, 4) is 17.2 Å². The van der Waals surface area contributed by atoms with Crippen LogP contribution in [-0.4, -0.2) is 36.4 Å². The fraction of sp³-hybridized carbons (Fsp3) is 0.250. The number of hydrogen-bond donors (Lipinski definition) is 2. The molecule has 0 spiro atoms. The van der Waals surface area contributed by atoms with Gasteiger partial charge in [-0.1, -0.05) is 29.8 Å². The summed E-state index contributed by atoms with van der Waals surface area (Å²) < 4.78 is 17.4. The van der Waals surface area contributed by atoms with E-state index in [1.165, 1.54) is 0 Å². The van der Waals surface area contributed by atoms with Crippen LogP contribution in [0.3, 0.4) is 0 Å². The Labute approximate surface area is 214 Å². The zero-order valence-corrected chi connectivity index (χ0v) is 20.8. The molecule has 6 rings (SSSR count). The van der Waals surface area contributed by atoms with Crippen molar-refractivity contribution in [3.05, 3.63) is 82.4 Å². The summed E-state index contributed by atoms with van der Waals surface area (Å²) in [5, 5.41) is 5.24. The molecule has 0 aromatic heterocycles. The predicted octanol–water partition coefficient (Wildman–Crippen LogP) is 5.75. The molecule has 3 aromatic rings. The van der Waals surface area contributed by atoms with Gasteiger partial charge in [0.05, 0.1) is 12.2 Å². The number of benzene rings is 3. The number of urea groups is 1. The fourth-order valence-corrected chi connectivity index (χ4v) is 4.93. The molecule has 0 radical (unpaired) electrons. The van der Waals surface area contributed by atoms with Gasteiger partial charge in [0.2, 0.25) is 0 Å². The van der Waals surface area contributed by atoms with Crippen LogP contribution in [0.2, 0.25) is 5.02 Å². The van der Waals surface area contributed by atoms with Gasteiger partial charge in [0.25, 0.3) is 0 Å². The highest BCUT2D eigenvalue weighted by atomic mass is 35.5. The van der Waals surface area contributed by atoms with E-state index in [4.69, 9.17) is 25.8 Å². The average Bonchev–Trinajstić information content (AvgIpc) is 3.44. The first-order valence-corrected chi connectivity index (χ1v) is 12.3. The van der Waals surface area contributed by atoms with Crippen molar-refractivity contribution in [1.29, 1.82) is 0 Å².